The maximum absolute atomic E-state index is 9.03. The van der Waals surface area contributed by atoms with Crippen molar-refractivity contribution in [1.29, 1.82) is 0 Å². The third-order valence-electron chi connectivity index (χ3n) is 2.34. The van der Waals surface area contributed by atoms with E-state index >= 15 is 0 Å². The number of aliphatic hydroxyl groups excluding tert-OH is 1. The summed E-state index contributed by atoms with van der Waals surface area (Å²) in [6.07, 6.45) is 2.23. The quantitative estimate of drug-likeness (QED) is 0.736. The lowest BCUT2D eigenvalue weighted by Crippen LogP contribution is -2.36. The van der Waals surface area contributed by atoms with Crippen LogP contribution in [0.3, 0.4) is 0 Å². The largest absolute Gasteiger partial charge is 0.396 e. The highest BCUT2D eigenvalue weighted by molar-refractivity contribution is 7.09. The Morgan fingerprint density at radius 2 is 2.54 bits per heavy atom. The molecule has 2 rings (SSSR count). The molecule has 6 heteroatoms. The van der Waals surface area contributed by atoms with Crippen LogP contribution >= 0.6 is 11.5 Å². The second kappa shape index (κ2) is 3.97. The zero-order valence-corrected chi connectivity index (χ0v) is 8.07. The van der Waals surface area contributed by atoms with E-state index in [4.69, 9.17) is 5.11 Å². The maximum Gasteiger partial charge on any atom is 0.227 e. The van der Waals surface area contributed by atoms with Gasteiger partial charge in [-0.3, -0.25) is 0 Å². The van der Waals surface area contributed by atoms with E-state index in [1.165, 1.54) is 11.5 Å². The van der Waals surface area contributed by atoms with E-state index in [2.05, 4.69) is 19.7 Å². The second-order valence-corrected chi connectivity index (χ2v) is 3.99. The molecule has 1 atom stereocenters. The Kier molecular flexibility index (Phi) is 2.70. The number of rotatable bonds is 2. The van der Waals surface area contributed by atoms with Gasteiger partial charge in [0.1, 0.15) is 0 Å². The van der Waals surface area contributed by atoms with Crippen LogP contribution in [0, 0.1) is 5.92 Å². The van der Waals surface area contributed by atoms with Crippen LogP contribution in [0.15, 0.2) is 0 Å². The molecule has 0 aliphatic carbocycles. The number of piperidine rings is 1. The first-order valence-electron chi connectivity index (χ1n) is 4.41. The minimum atomic E-state index is 0.267. The molecule has 0 saturated carbocycles. The van der Waals surface area contributed by atoms with Crippen LogP contribution in [0.1, 0.15) is 12.8 Å². The average molecular weight is 200 g/mol. The summed E-state index contributed by atoms with van der Waals surface area (Å²) in [4.78, 5) is 2.15. The highest BCUT2D eigenvalue weighted by atomic mass is 32.1. The number of aromatic nitrogens is 3. The van der Waals surface area contributed by atoms with Crippen LogP contribution < -0.4 is 4.90 Å². The Hall–Kier alpha value is -0.750. The van der Waals surface area contributed by atoms with Gasteiger partial charge in [0.15, 0.2) is 0 Å². The smallest absolute Gasteiger partial charge is 0.227 e. The van der Waals surface area contributed by atoms with Crippen molar-refractivity contribution in [2.24, 2.45) is 5.92 Å². The van der Waals surface area contributed by atoms with Gasteiger partial charge in [-0.1, -0.05) is 9.59 Å². The molecule has 0 aromatic carbocycles. The molecule has 1 aromatic rings. The Balaban J connectivity index is 2.00. The predicted octanol–water partition coefficient (Wildman–Crippen LogP) is 0.142. The van der Waals surface area contributed by atoms with Crippen LogP contribution in [-0.4, -0.2) is 39.6 Å². The summed E-state index contributed by atoms with van der Waals surface area (Å²) < 4.78 is 3.72. The molecule has 0 amide bonds. The standard InChI is InChI=1S/C7H12N4OS/c12-5-6-2-1-3-11(4-6)7-8-9-10-13-7/h6,12H,1-5H2. The van der Waals surface area contributed by atoms with Gasteiger partial charge in [0.05, 0.1) is 0 Å². The highest BCUT2D eigenvalue weighted by Crippen LogP contribution is 2.22. The van der Waals surface area contributed by atoms with Crippen LogP contribution in [0.2, 0.25) is 0 Å². The van der Waals surface area contributed by atoms with E-state index in [1.54, 1.807) is 0 Å². The SMILES string of the molecule is OCC1CCCN(c2nnns2)C1. The van der Waals surface area contributed by atoms with Crippen molar-refractivity contribution in [2.75, 3.05) is 24.6 Å². The van der Waals surface area contributed by atoms with E-state index < -0.39 is 0 Å². The van der Waals surface area contributed by atoms with Gasteiger partial charge in [-0.25, -0.2) is 0 Å². The van der Waals surface area contributed by atoms with E-state index in [0.717, 1.165) is 31.1 Å². The topological polar surface area (TPSA) is 62.1 Å². The summed E-state index contributed by atoms with van der Waals surface area (Å²) >= 11 is 1.31. The molecule has 72 valence electrons. The first kappa shape index (κ1) is 8.83. The summed E-state index contributed by atoms with van der Waals surface area (Å²) in [6, 6.07) is 0. The highest BCUT2D eigenvalue weighted by Gasteiger charge is 2.21. The molecule has 1 unspecified atom stereocenters. The van der Waals surface area contributed by atoms with Gasteiger partial charge >= 0.3 is 0 Å². The van der Waals surface area contributed by atoms with Crippen molar-refractivity contribution in [1.82, 2.24) is 14.8 Å². The van der Waals surface area contributed by atoms with Gasteiger partial charge in [0.25, 0.3) is 0 Å². The lowest BCUT2D eigenvalue weighted by molar-refractivity contribution is 0.208. The molecule has 5 nitrogen and oxygen atoms in total. The van der Waals surface area contributed by atoms with Gasteiger partial charge < -0.3 is 10.0 Å². The molecular formula is C7H12N4OS. The molecule has 0 radical (unpaired) electrons. The Bertz CT molecular complexity index is 253. The lowest BCUT2D eigenvalue weighted by atomic mass is 10.00. The molecule has 2 heterocycles. The number of nitrogens with zero attached hydrogens (tertiary/aromatic N) is 4. The summed E-state index contributed by atoms with van der Waals surface area (Å²) in [5.74, 6) is 0.387. The summed E-state index contributed by atoms with van der Waals surface area (Å²) in [7, 11) is 0. The summed E-state index contributed by atoms with van der Waals surface area (Å²) in [6.45, 7) is 2.16. The fourth-order valence-corrected chi connectivity index (χ4v) is 2.14. The maximum atomic E-state index is 9.03. The van der Waals surface area contributed by atoms with E-state index in [0.29, 0.717) is 5.92 Å². The van der Waals surface area contributed by atoms with Crippen molar-refractivity contribution >= 4 is 16.7 Å². The van der Waals surface area contributed by atoms with Crippen LogP contribution in [0.25, 0.3) is 0 Å². The van der Waals surface area contributed by atoms with Crippen molar-refractivity contribution in [3.05, 3.63) is 0 Å². The fraction of sp³-hybridized carbons (Fsp3) is 0.857. The molecule has 1 aliphatic rings. The second-order valence-electron chi connectivity index (χ2n) is 3.28. The molecule has 1 fully saturated rings. The minimum absolute atomic E-state index is 0.267. The molecule has 1 aromatic heterocycles. The van der Waals surface area contributed by atoms with Crippen LogP contribution in [-0.2, 0) is 0 Å². The van der Waals surface area contributed by atoms with Crippen LogP contribution in [0.5, 0.6) is 0 Å². The van der Waals surface area contributed by atoms with Crippen molar-refractivity contribution < 1.29 is 5.11 Å². The molecule has 1 N–H and O–H groups in total. The fourth-order valence-electron chi connectivity index (χ4n) is 1.64. The Morgan fingerprint density at radius 3 is 3.23 bits per heavy atom. The predicted molar refractivity (Wildman–Crippen MR) is 49.7 cm³/mol. The Labute approximate surface area is 80.5 Å². The molecule has 13 heavy (non-hydrogen) atoms. The average Bonchev–Trinajstić information content (AvgIpc) is 2.71. The first-order chi connectivity index (χ1) is 6.40. The minimum Gasteiger partial charge on any atom is -0.396 e. The van der Waals surface area contributed by atoms with E-state index in [9.17, 15) is 0 Å². The first-order valence-corrected chi connectivity index (χ1v) is 5.18. The molecule has 0 bridgehead atoms. The van der Waals surface area contributed by atoms with Gasteiger partial charge in [-0.15, -0.1) is 0 Å². The van der Waals surface area contributed by atoms with Gasteiger partial charge in [-0.05, 0) is 24.0 Å². The van der Waals surface area contributed by atoms with Gasteiger partial charge in [0.2, 0.25) is 5.13 Å². The molecule has 1 aliphatic heterocycles. The number of hydrogen-bond donors (Lipinski definition) is 1. The monoisotopic (exact) mass is 200 g/mol. The summed E-state index contributed by atoms with van der Waals surface area (Å²) in [5.41, 5.74) is 0. The van der Waals surface area contributed by atoms with Crippen molar-refractivity contribution in [3.63, 3.8) is 0 Å². The number of aliphatic hydroxyl groups is 1. The summed E-state index contributed by atoms with van der Waals surface area (Å²) in [5, 5.41) is 17.4. The molecule has 0 spiro atoms. The zero-order chi connectivity index (χ0) is 9.10. The third-order valence-corrected chi connectivity index (χ3v) is 2.99. The third kappa shape index (κ3) is 1.94. The Morgan fingerprint density at radius 1 is 1.62 bits per heavy atom. The van der Waals surface area contributed by atoms with Crippen molar-refractivity contribution in [2.45, 2.75) is 12.8 Å². The van der Waals surface area contributed by atoms with E-state index in [-0.39, 0.29) is 6.61 Å². The van der Waals surface area contributed by atoms with E-state index in [1.807, 2.05) is 0 Å². The molecule has 1 saturated heterocycles. The van der Waals surface area contributed by atoms with Gasteiger partial charge in [-0.2, -0.15) is 0 Å². The number of anilines is 1. The zero-order valence-electron chi connectivity index (χ0n) is 7.26. The van der Waals surface area contributed by atoms with Gasteiger partial charge in [0, 0.05) is 31.2 Å². The molecular weight excluding hydrogens is 188 g/mol. The number of hydrogen-bond acceptors (Lipinski definition) is 6. The lowest BCUT2D eigenvalue weighted by Gasteiger charge is -2.30. The normalized spacial score (nSPS) is 23.5. The van der Waals surface area contributed by atoms with Crippen molar-refractivity contribution in [3.8, 4) is 0 Å². The van der Waals surface area contributed by atoms with Crippen LogP contribution in [0.4, 0.5) is 5.13 Å².